The Bertz CT molecular complexity index is 859. The van der Waals surface area contributed by atoms with Crippen molar-refractivity contribution in [2.24, 2.45) is 5.92 Å². The van der Waals surface area contributed by atoms with Gasteiger partial charge in [-0.1, -0.05) is 0 Å². The fourth-order valence-electron chi connectivity index (χ4n) is 3.57. The maximum absolute atomic E-state index is 12.9. The number of likely N-dealkylation sites (tertiary alicyclic amines) is 2. The van der Waals surface area contributed by atoms with Crippen molar-refractivity contribution in [3.05, 3.63) is 23.9 Å². The van der Waals surface area contributed by atoms with Crippen LogP contribution in [-0.4, -0.2) is 66.7 Å². The van der Waals surface area contributed by atoms with E-state index in [-0.39, 0.29) is 24.9 Å². The van der Waals surface area contributed by atoms with Gasteiger partial charge in [0.2, 0.25) is 5.91 Å². The van der Waals surface area contributed by atoms with Gasteiger partial charge in [0.1, 0.15) is 0 Å². The van der Waals surface area contributed by atoms with Crippen LogP contribution in [0, 0.1) is 5.92 Å². The second-order valence-corrected chi connectivity index (χ2v) is 8.76. The highest BCUT2D eigenvalue weighted by molar-refractivity contribution is 7.92. The largest absolute Gasteiger partial charge is 0.503 e. The first kappa shape index (κ1) is 20.6. The molecule has 2 saturated heterocycles. The van der Waals surface area contributed by atoms with Gasteiger partial charge in [0.25, 0.3) is 15.7 Å². The van der Waals surface area contributed by atoms with Crippen molar-refractivity contribution in [1.29, 1.82) is 0 Å². The molecule has 0 radical (unpaired) electrons. The first-order valence-corrected chi connectivity index (χ1v) is 10.5. The summed E-state index contributed by atoms with van der Waals surface area (Å²) in [5.41, 5.74) is -6.16. The molecule has 0 aromatic carbocycles. The number of alkyl halides is 3. The Hall–Kier alpha value is -2.17. The van der Waals surface area contributed by atoms with Gasteiger partial charge in [-0.2, -0.15) is 13.2 Å². The summed E-state index contributed by atoms with van der Waals surface area (Å²) in [7, 11) is -5.75. The van der Waals surface area contributed by atoms with Crippen LogP contribution in [-0.2, 0) is 14.6 Å². The molecular weight excluding hydrogens is 399 g/mol. The fourth-order valence-corrected chi connectivity index (χ4v) is 4.44. The second kappa shape index (κ2) is 7.69. The smallest absolute Gasteiger partial charge is 0.342 e. The van der Waals surface area contributed by atoms with E-state index in [1.165, 1.54) is 11.0 Å². The minimum atomic E-state index is -5.75. The number of aromatic nitrogens is 1. The van der Waals surface area contributed by atoms with Crippen molar-refractivity contribution in [2.45, 2.75) is 36.2 Å². The van der Waals surface area contributed by atoms with Gasteiger partial charge in [-0.3, -0.25) is 9.59 Å². The van der Waals surface area contributed by atoms with Gasteiger partial charge in [-0.05, 0) is 37.8 Å². The van der Waals surface area contributed by atoms with E-state index < -0.39 is 31.8 Å². The molecule has 0 spiro atoms. The number of rotatable bonds is 3. The maximum Gasteiger partial charge on any atom is 0.503 e. The van der Waals surface area contributed by atoms with Crippen LogP contribution in [0.25, 0.3) is 0 Å². The Kier molecular flexibility index (Phi) is 5.64. The van der Waals surface area contributed by atoms with Crippen LogP contribution >= 0.6 is 0 Å². The van der Waals surface area contributed by atoms with Crippen molar-refractivity contribution in [2.75, 3.05) is 26.2 Å². The van der Waals surface area contributed by atoms with E-state index in [4.69, 9.17) is 0 Å². The molecular formula is C17H20F3N3O4S. The van der Waals surface area contributed by atoms with Crippen molar-refractivity contribution in [3.8, 4) is 0 Å². The second-order valence-electron chi connectivity index (χ2n) is 6.90. The van der Waals surface area contributed by atoms with Crippen molar-refractivity contribution in [3.63, 3.8) is 0 Å². The van der Waals surface area contributed by atoms with Gasteiger partial charge in [0.15, 0.2) is 5.03 Å². The third-order valence-corrected chi connectivity index (χ3v) is 6.55. The summed E-state index contributed by atoms with van der Waals surface area (Å²) in [4.78, 5) is 31.5. The molecule has 0 atom stereocenters. The molecule has 2 amide bonds. The Labute approximate surface area is 160 Å². The van der Waals surface area contributed by atoms with E-state index in [9.17, 15) is 31.2 Å². The van der Waals surface area contributed by atoms with Gasteiger partial charge in [-0.25, -0.2) is 13.4 Å². The molecule has 11 heteroatoms. The van der Waals surface area contributed by atoms with Crippen LogP contribution in [0.2, 0.25) is 0 Å². The summed E-state index contributed by atoms with van der Waals surface area (Å²) in [6.07, 6.45) is 3.63. The minimum Gasteiger partial charge on any atom is -0.342 e. The van der Waals surface area contributed by atoms with Gasteiger partial charge in [0, 0.05) is 38.3 Å². The number of sulfone groups is 1. The lowest BCUT2D eigenvalue weighted by Gasteiger charge is -2.33. The van der Waals surface area contributed by atoms with E-state index in [1.54, 1.807) is 4.90 Å². The molecule has 1 aromatic heterocycles. The third kappa shape index (κ3) is 3.85. The van der Waals surface area contributed by atoms with Crippen molar-refractivity contribution < 1.29 is 31.2 Å². The lowest BCUT2D eigenvalue weighted by molar-refractivity contribution is -0.135. The zero-order valence-corrected chi connectivity index (χ0v) is 15.8. The zero-order chi connectivity index (χ0) is 20.5. The normalized spacial score (nSPS) is 19.1. The number of carbonyl (C=O) groups excluding carboxylic acids is 2. The molecule has 1 aromatic rings. The molecule has 2 aliphatic heterocycles. The summed E-state index contributed by atoms with van der Waals surface area (Å²) < 4.78 is 62.2. The van der Waals surface area contributed by atoms with E-state index in [0.717, 1.165) is 38.2 Å². The highest BCUT2D eigenvalue weighted by Crippen LogP contribution is 2.32. The van der Waals surface area contributed by atoms with Crippen LogP contribution in [0.4, 0.5) is 13.2 Å². The standard InChI is InChI=1S/C17H20F3N3O4S/c18-17(19,20)28(26,27)14-13(4-3-7-21-14)16(25)23-10-5-12(6-11-23)15(24)22-8-1-2-9-22/h3-4,7,12H,1-2,5-6,8-11H2. The van der Waals surface area contributed by atoms with Crippen LogP contribution in [0.5, 0.6) is 0 Å². The highest BCUT2D eigenvalue weighted by atomic mass is 32.2. The quantitative estimate of drug-likeness (QED) is 0.746. The fraction of sp³-hybridized carbons (Fsp3) is 0.588. The Morgan fingerprint density at radius 3 is 2.21 bits per heavy atom. The van der Waals surface area contributed by atoms with Crippen LogP contribution in [0.3, 0.4) is 0 Å². The number of halogens is 3. The molecule has 2 fully saturated rings. The maximum atomic E-state index is 12.9. The highest BCUT2D eigenvalue weighted by Gasteiger charge is 2.50. The average molecular weight is 419 g/mol. The number of amides is 2. The molecule has 0 saturated carbocycles. The molecule has 154 valence electrons. The summed E-state index contributed by atoms with van der Waals surface area (Å²) in [5.74, 6) is -1.01. The van der Waals surface area contributed by atoms with Crippen molar-refractivity contribution in [1.82, 2.24) is 14.8 Å². The Morgan fingerprint density at radius 2 is 1.64 bits per heavy atom. The molecule has 3 rings (SSSR count). The third-order valence-electron chi connectivity index (χ3n) is 5.11. The monoisotopic (exact) mass is 419 g/mol. The first-order valence-electron chi connectivity index (χ1n) is 8.97. The molecule has 2 aliphatic rings. The lowest BCUT2D eigenvalue weighted by Crippen LogP contribution is -2.44. The van der Waals surface area contributed by atoms with E-state index >= 15 is 0 Å². The predicted molar refractivity (Wildman–Crippen MR) is 91.9 cm³/mol. The molecule has 7 nitrogen and oxygen atoms in total. The van der Waals surface area contributed by atoms with E-state index in [2.05, 4.69) is 4.98 Å². The minimum absolute atomic E-state index is 0.0475. The summed E-state index contributed by atoms with van der Waals surface area (Å²) >= 11 is 0. The molecule has 28 heavy (non-hydrogen) atoms. The molecule has 0 bridgehead atoms. The zero-order valence-electron chi connectivity index (χ0n) is 15.0. The SMILES string of the molecule is O=C(c1cccnc1S(=O)(=O)C(F)(F)F)N1CCC(C(=O)N2CCCC2)CC1. The number of carbonyl (C=O) groups is 2. The van der Waals surface area contributed by atoms with E-state index in [0.29, 0.717) is 12.8 Å². The Morgan fingerprint density at radius 1 is 1.04 bits per heavy atom. The number of nitrogens with zero attached hydrogens (tertiary/aromatic N) is 3. The van der Waals surface area contributed by atoms with Gasteiger partial charge >= 0.3 is 5.51 Å². The lowest BCUT2D eigenvalue weighted by atomic mass is 9.95. The van der Waals surface area contributed by atoms with Gasteiger partial charge in [0.05, 0.1) is 5.56 Å². The number of hydrogen-bond acceptors (Lipinski definition) is 5. The topological polar surface area (TPSA) is 87.6 Å². The van der Waals surface area contributed by atoms with Gasteiger partial charge < -0.3 is 9.80 Å². The number of piperidine rings is 1. The van der Waals surface area contributed by atoms with Crippen LogP contribution < -0.4 is 0 Å². The molecule has 0 aliphatic carbocycles. The molecule has 0 unspecified atom stereocenters. The first-order chi connectivity index (χ1) is 13.1. The Balaban J connectivity index is 1.74. The summed E-state index contributed by atoms with van der Waals surface area (Å²) in [5, 5.41) is -1.29. The summed E-state index contributed by atoms with van der Waals surface area (Å²) in [6, 6.07) is 2.24. The summed E-state index contributed by atoms with van der Waals surface area (Å²) in [6.45, 7) is 1.80. The average Bonchev–Trinajstić information content (AvgIpc) is 3.21. The number of hydrogen-bond donors (Lipinski definition) is 0. The predicted octanol–water partition coefficient (Wildman–Crippen LogP) is 1.85. The van der Waals surface area contributed by atoms with Crippen LogP contribution in [0.1, 0.15) is 36.0 Å². The van der Waals surface area contributed by atoms with Crippen LogP contribution in [0.15, 0.2) is 23.4 Å². The van der Waals surface area contributed by atoms with Crippen molar-refractivity contribution >= 4 is 21.7 Å². The molecule has 0 N–H and O–H groups in total. The number of pyridine rings is 1. The molecule has 3 heterocycles. The van der Waals surface area contributed by atoms with Gasteiger partial charge in [-0.15, -0.1) is 0 Å². The van der Waals surface area contributed by atoms with E-state index in [1.807, 2.05) is 0 Å².